The Morgan fingerprint density at radius 1 is 1.10 bits per heavy atom. The van der Waals surface area contributed by atoms with Gasteiger partial charge in [-0.3, -0.25) is 0 Å². The summed E-state index contributed by atoms with van der Waals surface area (Å²) in [6.07, 6.45) is -1.29. The number of aliphatic hydroxyl groups excluding tert-OH is 1. The Kier molecular flexibility index (Phi) is 6.15. The number of hydrogen-bond acceptors (Lipinski definition) is 5. The maximum absolute atomic E-state index is 13.9. The molecule has 0 aliphatic heterocycles. The lowest BCUT2D eigenvalue weighted by Gasteiger charge is -2.22. The zero-order valence-corrected chi connectivity index (χ0v) is 18.0. The van der Waals surface area contributed by atoms with E-state index in [0.29, 0.717) is 17.1 Å². The topological polar surface area (TPSA) is 67.1 Å². The van der Waals surface area contributed by atoms with Crippen molar-refractivity contribution in [2.24, 2.45) is 0 Å². The minimum Gasteiger partial charge on any atom is -0.388 e. The molecule has 160 valence electrons. The summed E-state index contributed by atoms with van der Waals surface area (Å²) in [5, 5.41) is 22.1. The van der Waals surface area contributed by atoms with Gasteiger partial charge in [-0.2, -0.15) is 13.6 Å². The van der Waals surface area contributed by atoms with Crippen LogP contribution < -0.4 is 4.90 Å². The average Bonchev–Trinajstić information content (AvgIpc) is 3.14. The summed E-state index contributed by atoms with van der Waals surface area (Å²) in [6.45, 7) is 2.41. The van der Waals surface area contributed by atoms with Crippen molar-refractivity contribution in [1.29, 1.82) is 0 Å². The average molecular weight is 437 g/mol. The highest BCUT2D eigenvalue weighted by atomic mass is 31.0. The van der Waals surface area contributed by atoms with Gasteiger partial charge < -0.3 is 10.0 Å². The monoisotopic (exact) mass is 437 g/mol. The first kappa shape index (κ1) is 22.2. The van der Waals surface area contributed by atoms with Crippen LogP contribution in [0.15, 0.2) is 48.5 Å². The summed E-state index contributed by atoms with van der Waals surface area (Å²) in [6, 6.07) is 13.2. The molecule has 1 N–H and O–H groups in total. The predicted molar refractivity (Wildman–Crippen MR) is 113 cm³/mol. The Morgan fingerprint density at radius 3 is 2.33 bits per heavy atom. The third kappa shape index (κ3) is 4.96. The molecule has 0 amide bonds. The Hall–Kier alpha value is -2.51. The maximum Gasteiger partial charge on any atom is 0.283 e. The molecule has 0 fully saturated rings. The number of tetrazole rings is 1. The molecule has 2 atom stereocenters. The summed E-state index contributed by atoms with van der Waals surface area (Å²) in [5.74, 6) is 0.300. The normalized spacial score (nSPS) is 13.3. The Balaban J connectivity index is 1.88. The Labute approximate surface area is 174 Å². The molecule has 3 rings (SSSR count). The van der Waals surface area contributed by atoms with Crippen LogP contribution in [0.25, 0.3) is 11.4 Å². The molecule has 0 saturated carbocycles. The smallest absolute Gasteiger partial charge is 0.283 e. The SMILES string of the molecule is CN(c1ccc(C(F)(F)P)cc1)c1ccccc1-c1nnn(CC(O)C(C)(C)F)n1. The van der Waals surface area contributed by atoms with Crippen LogP contribution in [0.2, 0.25) is 0 Å². The summed E-state index contributed by atoms with van der Waals surface area (Å²) < 4.78 is 40.8. The molecule has 0 aliphatic rings. The first-order valence-electron chi connectivity index (χ1n) is 9.22. The second-order valence-corrected chi connectivity index (χ2v) is 8.22. The number of rotatable bonds is 7. The molecule has 0 aliphatic carbocycles. The van der Waals surface area contributed by atoms with Crippen LogP contribution in [0.1, 0.15) is 19.4 Å². The van der Waals surface area contributed by atoms with Crippen molar-refractivity contribution >= 4 is 20.6 Å². The van der Waals surface area contributed by atoms with Crippen molar-refractivity contribution in [2.45, 2.75) is 37.8 Å². The van der Waals surface area contributed by atoms with E-state index in [1.807, 2.05) is 23.1 Å². The van der Waals surface area contributed by atoms with Gasteiger partial charge in [0.2, 0.25) is 5.82 Å². The zero-order chi connectivity index (χ0) is 22.1. The van der Waals surface area contributed by atoms with Crippen LogP contribution in [-0.4, -0.2) is 44.1 Å². The number of aliphatic hydroxyl groups is 1. The fraction of sp³-hybridized carbons (Fsp3) is 0.350. The Bertz CT molecular complexity index is 999. The highest BCUT2D eigenvalue weighted by Gasteiger charge is 2.28. The molecule has 10 heteroatoms. The van der Waals surface area contributed by atoms with Gasteiger partial charge in [-0.1, -0.05) is 33.5 Å². The number of para-hydroxylation sites is 1. The number of benzene rings is 2. The van der Waals surface area contributed by atoms with E-state index >= 15 is 0 Å². The van der Waals surface area contributed by atoms with Gasteiger partial charge in [0.15, 0.2) is 0 Å². The van der Waals surface area contributed by atoms with Gasteiger partial charge in [-0.05, 0) is 43.3 Å². The summed E-state index contributed by atoms with van der Waals surface area (Å²) >= 11 is 0. The van der Waals surface area contributed by atoms with Crippen molar-refractivity contribution < 1.29 is 18.3 Å². The Morgan fingerprint density at radius 2 is 1.73 bits per heavy atom. The zero-order valence-electron chi connectivity index (χ0n) is 16.8. The molecule has 0 radical (unpaired) electrons. The minimum absolute atomic E-state index is 0.100. The molecule has 1 heterocycles. The lowest BCUT2D eigenvalue weighted by Crippen LogP contribution is -2.35. The molecular weight excluding hydrogens is 414 g/mol. The first-order chi connectivity index (χ1) is 14.0. The number of hydrogen-bond donors (Lipinski definition) is 1. The molecular formula is C20H23F3N5OP. The van der Waals surface area contributed by atoms with Gasteiger partial charge in [0.25, 0.3) is 5.66 Å². The number of aromatic nitrogens is 4. The van der Waals surface area contributed by atoms with Gasteiger partial charge in [0.05, 0.1) is 12.2 Å². The van der Waals surface area contributed by atoms with E-state index < -0.39 is 17.4 Å². The van der Waals surface area contributed by atoms with E-state index in [1.54, 1.807) is 25.2 Å². The van der Waals surface area contributed by atoms with Crippen molar-refractivity contribution in [3.63, 3.8) is 0 Å². The summed E-state index contributed by atoms with van der Waals surface area (Å²) in [5.41, 5.74) is -2.81. The van der Waals surface area contributed by atoms with Crippen molar-refractivity contribution in [3.05, 3.63) is 54.1 Å². The molecule has 0 bridgehead atoms. The van der Waals surface area contributed by atoms with E-state index in [2.05, 4.69) is 15.4 Å². The van der Waals surface area contributed by atoms with E-state index in [4.69, 9.17) is 0 Å². The third-order valence-electron chi connectivity index (χ3n) is 4.73. The molecule has 0 saturated heterocycles. The molecule has 2 unspecified atom stereocenters. The van der Waals surface area contributed by atoms with Crippen LogP contribution in [0.3, 0.4) is 0 Å². The predicted octanol–water partition coefficient (Wildman–Crippen LogP) is 4.14. The minimum atomic E-state index is -2.99. The molecule has 1 aromatic heterocycles. The first-order valence-corrected chi connectivity index (χ1v) is 9.79. The van der Waals surface area contributed by atoms with E-state index in [0.717, 1.165) is 10.5 Å². The van der Waals surface area contributed by atoms with Gasteiger partial charge in [0, 0.05) is 23.9 Å². The fourth-order valence-corrected chi connectivity index (χ4v) is 2.99. The number of nitrogens with zero attached hydrogens (tertiary/aromatic N) is 5. The van der Waals surface area contributed by atoms with Crippen LogP contribution in [0, 0.1) is 0 Å². The van der Waals surface area contributed by atoms with E-state index in [9.17, 15) is 18.3 Å². The highest BCUT2D eigenvalue weighted by Crippen LogP contribution is 2.37. The van der Waals surface area contributed by atoms with Crippen molar-refractivity contribution in [2.75, 3.05) is 11.9 Å². The fourth-order valence-electron chi connectivity index (χ4n) is 2.80. The maximum atomic E-state index is 13.9. The van der Waals surface area contributed by atoms with Crippen LogP contribution in [-0.2, 0) is 12.2 Å². The largest absolute Gasteiger partial charge is 0.388 e. The van der Waals surface area contributed by atoms with Crippen LogP contribution >= 0.6 is 9.24 Å². The van der Waals surface area contributed by atoms with Gasteiger partial charge in [0.1, 0.15) is 11.8 Å². The van der Waals surface area contributed by atoms with E-state index in [1.165, 1.54) is 35.2 Å². The lowest BCUT2D eigenvalue weighted by atomic mass is 10.0. The number of halogens is 3. The summed E-state index contributed by atoms with van der Waals surface area (Å²) in [4.78, 5) is 2.97. The third-order valence-corrected chi connectivity index (χ3v) is 5.06. The number of anilines is 2. The second kappa shape index (κ2) is 8.32. The standard InChI is InChI=1S/C20H23F3N5OP/c1-19(2,21)17(29)12-28-25-18(24-26-28)15-6-4-5-7-16(15)27(3)14-10-8-13(9-11-14)20(22,23)30/h4-11,17,29H,12,30H2,1-3H3. The number of alkyl halides is 3. The van der Waals surface area contributed by atoms with E-state index in [-0.39, 0.29) is 12.1 Å². The quantitative estimate of drug-likeness (QED) is 0.563. The second-order valence-electron chi connectivity index (χ2n) is 7.49. The van der Waals surface area contributed by atoms with Crippen LogP contribution in [0.5, 0.6) is 0 Å². The highest BCUT2D eigenvalue weighted by molar-refractivity contribution is 7.17. The van der Waals surface area contributed by atoms with Gasteiger partial charge >= 0.3 is 0 Å². The molecule has 30 heavy (non-hydrogen) atoms. The summed E-state index contributed by atoms with van der Waals surface area (Å²) in [7, 11) is 3.32. The molecule has 2 aromatic carbocycles. The van der Waals surface area contributed by atoms with Crippen molar-refractivity contribution in [3.8, 4) is 11.4 Å². The van der Waals surface area contributed by atoms with Gasteiger partial charge in [-0.25, -0.2) is 4.39 Å². The molecule has 3 aromatic rings. The lowest BCUT2D eigenvalue weighted by molar-refractivity contribution is 0.00120. The van der Waals surface area contributed by atoms with Crippen LogP contribution in [0.4, 0.5) is 24.5 Å². The van der Waals surface area contributed by atoms with Crippen molar-refractivity contribution in [1.82, 2.24) is 20.2 Å². The molecule has 6 nitrogen and oxygen atoms in total. The molecule has 0 spiro atoms. The van der Waals surface area contributed by atoms with Gasteiger partial charge in [-0.15, -0.1) is 10.2 Å².